The Bertz CT molecular complexity index is 403. The van der Waals surface area contributed by atoms with Crippen molar-refractivity contribution in [2.24, 2.45) is 5.92 Å². The summed E-state index contributed by atoms with van der Waals surface area (Å²) < 4.78 is 0.306. The lowest BCUT2D eigenvalue weighted by atomic mass is 10.1. The highest BCUT2D eigenvalue weighted by Crippen LogP contribution is 2.30. The van der Waals surface area contributed by atoms with E-state index in [9.17, 15) is 0 Å². The summed E-state index contributed by atoms with van der Waals surface area (Å²) in [6, 6.07) is 0.524. The van der Waals surface area contributed by atoms with E-state index in [0.29, 0.717) is 16.7 Å². The van der Waals surface area contributed by atoms with Crippen LogP contribution in [-0.4, -0.2) is 15.8 Å². The first-order valence-electron chi connectivity index (χ1n) is 7.52. The molecule has 1 rings (SSSR count). The van der Waals surface area contributed by atoms with E-state index in [1.165, 1.54) is 15.6 Å². The SMILES string of the molecule is CC(C)Cc1nc(CSC(C)(C)C)sc1CNC(C)C. The maximum atomic E-state index is 4.89. The highest BCUT2D eigenvalue weighted by molar-refractivity contribution is 7.99. The Hall–Kier alpha value is -0.0600. The molecule has 1 aromatic heterocycles. The molecule has 1 aromatic rings. The number of rotatable bonds is 7. The monoisotopic (exact) mass is 314 g/mol. The Kier molecular flexibility index (Phi) is 7.02. The minimum atomic E-state index is 0.306. The molecule has 0 aliphatic rings. The van der Waals surface area contributed by atoms with E-state index < -0.39 is 0 Å². The van der Waals surface area contributed by atoms with Gasteiger partial charge >= 0.3 is 0 Å². The summed E-state index contributed by atoms with van der Waals surface area (Å²) in [4.78, 5) is 6.32. The maximum absolute atomic E-state index is 4.89. The summed E-state index contributed by atoms with van der Waals surface area (Å²) >= 11 is 3.87. The molecule has 0 atom stereocenters. The molecule has 0 saturated carbocycles. The molecule has 0 saturated heterocycles. The molecule has 0 radical (unpaired) electrons. The number of nitrogens with one attached hydrogen (secondary N) is 1. The molecule has 20 heavy (non-hydrogen) atoms. The van der Waals surface area contributed by atoms with Crippen molar-refractivity contribution >= 4 is 23.1 Å². The summed E-state index contributed by atoms with van der Waals surface area (Å²) in [6.07, 6.45) is 1.09. The minimum absolute atomic E-state index is 0.306. The molecule has 116 valence electrons. The van der Waals surface area contributed by atoms with Crippen LogP contribution in [0.15, 0.2) is 0 Å². The number of aromatic nitrogens is 1. The third-order valence-corrected chi connectivity index (χ3v) is 5.29. The van der Waals surface area contributed by atoms with Crippen LogP contribution in [-0.2, 0) is 18.7 Å². The first-order valence-corrected chi connectivity index (χ1v) is 9.32. The predicted octanol–water partition coefficient (Wildman–Crippen LogP) is 4.87. The zero-order valence-corrected chi connectivity index (χ0v) is 15.7. The van der Waals surface area contributed by atoms with Crippen molar-refractivity contribution in [2.75, 3.05) is 0 Å². The van der Waals surface area contributed by atoms with Crippen molar-refractivity contribution < 1.29 is 0 Å². The van der Waals surface area contributed by atoms with Gasteiger partial charge in [-0.25, -0.2) is 4.98 Å². The Labute approximate surface area is 133 Å². The Balaban J connectivity index is 2.76. The molecular formula is C16H30N2S2. The second-order valence-corrected chi connectivity index (χ2v) is 9.98. The van der Waals surface area contributed by atoms with E-state index >= 15 is 0 Å². The third kappa shape index (κ3) is 7.09. The van der Waals surface area contributed by atoms with Gasteiger partial charge in [0.2, 0.25) is 0 Å². The zero-order chi connectivity index (χ0) is 15.3. The van der Waals surface area contributed by atoms with Gasteiger partial charge in [0.25, 0.3) is 0 Å². The number of thioether (sulfide) groups is 1. The lowest BCUT2D eigenvalue weighted by molar-refractivity contribution is 0.581. The number of hydrogen-bond donors (Lipinski definition) is 1. The van der Waals surface area contributed by atoms with Gasteiger partial charge in [0.1, 0.15) is 5.01 Å². The Morgan fingerprint density at radius 3 is 2.35 bits per heavy atom. The lowest BCUT2D eigenvalue weighted by Gasteiger charge is -2.16. The molecule has 0 bridgehead atoms. The summed E-state index contributed by atoms with van der Waals surface area (Å²) in [6.45, 7) is 16.7. The topological polar surface area (TPSA) is 24.9 Å². The molecule has 0 aromatic carbocycles. The van der Waals surface area contributed by atoms with E-state index in [2.05, 4.69) is 53.8 Å². The first-order chi connectivity index (χ1) is 9.17. The van der Waals surface area contributed by atoms with E-state index in [-0.39, 0.29) is 0 Å². The van der Waals surface area contributed by atoms with Crippen LogP contribution in [0.3, 0.4) is 0 Å². The van der Waals surface area contributed by atoms with Crippen molar-refractivity contribution in [1.29, 1.82) is 0 Å². The highest BCUT2D eigenvalue weighted by Gasteiger charge is 2.16. The van der Waals surface area contributed by atoms with Gasteiger partial charge in [0, 0.05) is 28.0 Å². The molecular weight excluding hydrogens is 284 g/mol. The third-order valence-electron chi connectivity index (χ3n) is 2.72. The maximum Gasteiger partial charge on any atom is 0.103 e. The minimum Gasteiger partial charge on any atom is -0.310 e. The zero-order valence-electron chi connectivity index (χ0n) is 14.0. The van der Waals surface area contributed by atoms with E-state index in [4.69, 9.17) is 4.98 Å². The number of nitrogens with zero attached hydrogens (tertiary/aromatic N) is 1. The van der Waals surface area contributed by atoms with Crippen LogP contribution in [0.1, 0.15) is 64.0 Å². The lowest BCUT2D eigenvalue weighted by Crippen LogP contribution is -2.22. The van der Waals surface area contributed by atoms with Gasteiger partial charge in [-0.1, -0.05) is 48.5 Å². The van der Waals surface area contributed by atoms with Crippen LogP contribution >= 0.6 is 23.1 Å². The van der Waals surface area contributed by atoms with Gasteiger partial charge in [-0.3, -0.25) is 0 Å². The van der Waals surface area contributed by atoms with Crippen molar-refractivity contribution in [2.45, 2.75) is 78.0 Å². The van der Waals surface area contributed by atoms with Gasteiger partial charge in [0.15, 0.2) is 0 Å². The quantitative estimate of drug-likeness (QED) is 0.777. The summed E-state index contributed by atoms with van der Waals surface area (Å²) in [5.41, 5.74) is 1.31. The van der Waals surface area contributed by atoms with Crippen molar-refractivity contribution in [1.82, 2.24) is 10.3 Å². The fourth-order valence-electron chi connectivity index (χ4n) is 1.76. The average molecular weight is 315 g/mol. The standard InChI is InChI=1S/C16H30N2S2/c1-11(2)8-13-14(9-17-12(3)4)20-15(18-13)10-19-16(5,6)7/h11-12,17H,8-10H2,1-7H3. The van der Waals surface area contributed by atoms with Crippen LogP contribution in [0.25, 0.3) is 0 Å². The van der Waals surface area contributed by atoms with Crippen molar-refractivity contribution in [3.63, 3.8) is 0 Å². The van der Waals surface area contributed by atoms with Gasteiger partial charge in [-0.15, -0.1) is 23.1 Å². The van der Waals surface area contributed by atoms with Crippen LogP contribution in [0.4, 0.5) is 0 Å². The van der Waals surface area contributed by atoms with Crippen LogP contribution in [0, 0.1) is 5.92 Å². The largest absolute Gasteiger partial charge is 0.310 e. The van der Waals surface area contributed by atoms with E-state index in [0.717, 1.165) is 18.7 Å². The molecule has 0 aliphatic carbocycles. The molecule has 0 spiro atoms. The number of hydrogen-bond acceptors (Lipinski definition) is 4. The smallest absolute Gasteiger partial charge is 0.103 e. The van der Waals surface area contributed by atoms with Gasteiger partial charge in [-0.2, -0.15) is 0 Å². The molecule has 0 aliphatic heterocycles. The second kappa shape index (κ2) is 7.81. The summed E-state index contributed by atoms with van der Waals surface area (Å²) in [7, 11) is 0. The van der Waals surface area contributed by atoms with Crippen LogP contribution in [0.5, 0.6) is 0 Å². The average Bonchev–Trinajstić information content (AvgIpc) is 2.64. The highest BCUT2D eigenvalue weighted by atomic mass is 32.2. The number of thiazole rings is 1. The fraction of sp³-hybridized carbons (Fsp3) is 0.812. The second-order valence-electron chi connectivity index (χ2n) is 7.01. The normalized spacial score (nSPS) is 12.7. The van der Waals surface area contributed by atoms with E-state index in [1.54, 1.807) is 0 Å². The molecule has 0 unspecified atom stereocenters. The molecule has 1 heterocycles. The van der Waals surface area contributed by atoms with Crippen LogP contribution in [0.2, 0.25) is 0 Å². The fourth-order valence-corrected chi connectivity index (χ4v) is 3.63. The molecule has 2 nitrogen and oxygen atoms in total. The van der Waals surface area contributed by atoms with Gasteiger partial charge in [-0.05, 0) is 12.3 Å². The van der Waals surface area contributed by atoms with Gasteiger partial charge < -0.3 is 5.32 Å². The molecule has 0 amide bonds. The van der Waals surface area contributed by atoms with Crippen LogP contribution < -0.4 is 5.32 Å². The molecule has 0 fully saturated rings. The molecule has 1 N–H and O–H groups in total. The van der Waals surface area contributed by atoms with Crippen molar-refractivity contribution in [3.05, 3.63) is 15.6 Å². The first kappa shape index (κ1) is 18.0. The predicted molar refractivity (Wildman–Crippen MR) is 93.7 cm³/mol. The van der Waals surface area contributed by atoms with E-state index in [1.807, 2.05) is 23.1 Å². The van der Waals surface area contributed by atoms with Crippen molar-refractivity contribution in [3.8, 4) is 0 Å². The Morgan fingerprint density at radius 2 is 1.85 bits per heavy atom. The van der Waals surface area contributed by atoms with Gasteiger partial charge in [0.05, 0.1) is 5.69 Å². The Morgan fingerprint density at radius 1 is 1.20 bits per heavy atom. The molecule has 4 heteroatoms. The summed E-state index contributed by atoms with van der Waals surface area (Å²) in [5, 5.41) is 4.80. The summed E-state index contributed by atoms with van der Waals surface area (Å²) in [5.74, 6) is 1.69.